The molecule has 1 aromatic carbocycles. The van der Waals surface area contributed by atoms with Crippen LogP contribution in [0.5, 0.6) is 11.8 Å². The molecule has 0 aliphatic carbocycles. The Kier molecular flexibility index (Phi) is 5.10. The van der Waals surface area contributed by atoms with E-state index in [1.807, 2.05) is 19.1 Å². The number of aliphatic hydroxyl groups excluding tert-OH is 1. The van der Waals surface area contributed by atoms with E-state index in [1.165, 1.54) is 14.2 Å². The molecule has 0 aliphatic heterocycles. The average molecular weight is 322 g/mol. The summed E-state index contributed by atoms with van der Waals surface area (Å²) in [7, 11) is 1.25. The predicted molar refractivity (Wildman–Crippen MR) is 81.6 cm³/mol. The zero-order valence-corrected chi connectivity index (χ0v) is 13.7. The van der Waals surface area contributed by atoms with Gasteiger partial charge >= 0.3 is 0 Å². The van der Waals surface area contributed by atoms with E-state index in [-0.39, 0.29) is 16.7 Å². The Morgan fingerprint density at radius 2 is 1.64 bits per heavy atom. The van der Waals surface area contributed by atoms with Crippen LogP contribution in [0, 0.1) is 6.92 Å². The third kappa shape index (κ3) is 3.10. The fourth-order valence-electron chi connectivity index (χ4n) is 2.01. The summed E-state index contributed by atoms with van der Waals surface area (Å²) in [5.74, 6) is 0.238. The predicted octanol–water partition coefficient (Wildman–Crippen LogP) is 2.02. The number of hydrogen-bond acceptors (Lipinski definition) is 6. The number of aliphatic hydroxyl groups is 1. The fraction of sp³-hybridized carbons (Fsp3) is 0.333. The highest BCUT2D eigenvalue weighted by Gasteiger charge is 2.26. The molecular formula is C15H18N2O4S. The van der Waals surface area contributed by atoms with Crippen LogP contribution >= 0.6 is 0 Å². The molecule has 0 radical (unpaired) electrons. The van der Waals surface area contributed by atoms with E-state index >= 15 is 0 Å². The number of methoxy groups -OCH3 is 2. The third-order valence-electron chi connectivity index (χ3n) is 3.13. The Hall–Kier alpha value is -1.99. The van der Waals surface area contributed by atoms with Crippen LogP contribution < -0.4 is 9.47 Å². The maximum atomic E-state index is 12.9. The van der Waals surface area contributed by atoms with Crippen molar-refractivity contribution in [1.82, 2.24) is 10.2 Å². The molecule has 0 unspecified atom stereocenters. The molecule has 6 nitrogen and oxygen atoms in total. The number of rotatable bonds is 5. The number of hydrogen-bond donors (Lipinski definition) is 1. The first kappa shape index (κ1) is 16.4. The van der Waals surface area contributed by atoms with E-state index in [2.05, 4.69) is 10.2 Å². The second-order valence-corrected chi connectivity index (χ2v) is 6.14. The van der Waals surface area contributed by atoms with Crippen LogP contribution in [-0.2, 0) is 10.8 Å². The number of aryl methyl sites for hydroxylation is 1. The first-order valence-corrected chi connectivity index (χ1v) is 7.79. The van der Waals surface area contributed by atoms with Gasteiger partial charge in [0.05, 0.1) is 36.7 Å². The van der Waals surface area contributed by atoms with Gasteiger partial charge in [-0.25, -0.2) is 4.21 Å². The monoisotopic (exact) mass is 322 g/mol. The van der Waals surface area contributed by atoms with Crippen molar-refractivity contribution in [3.8, 4) is 11.8 Å². The van der Waals surface area contributed by atoms with Crippen LogP contribution in [-0.4, -0.2) is 33.7 Å². The molecule has 1 aromatic heterocycles. The summed E-state index contributed by atoms with van der Waals surface area (Å²) in [6, 6.07) is 7.27. The lowest BCUT2D eigenvalue weighted by atomic mass is 10.2. The van der Waals surface area contributed by atoms with Crippen molar-refractivity contribution in [3.63, 3.8) is 0 Å². The lowest BCUT2D eigenvalue weighted by Gasteiger charge is -2.16. The van der Waals surface area contributed by atoms with E-state index in [0.29, 0.717) is 10.5 Å². The fourth-order valence-corrected chi connectivity index (χ4v) is 3.37. The van der Waals surface area contributed by atoms with Gasteiger partial charge in [0.1, 0.15) is 4.90 Å². The van der Waals surface area contributed by atoms with E-state index in [4.69, 9.17) is 9.47 Å². The summed E-state index contributed by atoms with van der Waals surface area (Å²) in [5, 5.41) is 17.8. The highest BCUT2D eigenvalue weighted by Crippen LogP contribution is 2.35. The molecule has 1 N–H and O–H groups in total. The molecule has 0 fully saturated rings. The van der Waals surface area contributed by atoms with Crippen LogP contribution in [0.25, 0.3) is 0 Å². The van der Waals surface area contributed by atoms with Gasteiger partial charge in [0.15, 0.2) is 0 Å². The molecule has 1 heterocycles. The number of nitrogens with zero attached hydrogens (tertiary/aromatic N) is 2. The maximum Gasteiger partial charge on any atom is 0.250 e. The van der Waals surface area contributed by atoms with Gasteiger partial charge in [-0.2, -0.15) is 0 Å². The lowest BCUT2D eigenvalue weighted by Crippen LogP contribution is -2.10. The number of benzene rings is 1. The number of ether oxygens (including phenoxy) is 2. The summed E-state index contributed by atoms with van der Waals surface area (Å²) in [6.45, 7) is 3.50. The standard InChI is InChI=1S/C15H18N2O4S/c1-9-5-7-11(8-6-9)22(19)13-12(10(2)18)14(20-3)16-17-15(13)21-4/h5-8,10,18H,1-4H3/t10-,22+/m0/s1. The van der Waals surface area contributed by atoms with E-state index in [0.717, 1.165) is 5.56 Å². The quantitative estimate of drug-likeness (QED) is 0.907. The van der Waals surface area contributed by atoms with Gasteiger partial charge < -0.3 is 14.6 Å². The minimum atomic E-state index is -1.58. The minimum Gasteiger partial charge on any atom is -0.480 e. The van der Waals surface area contributed by atoms with Crippen molar-refractivity contribution in [1.29, 1.82) is 0 Å². The van der Waals surface area contributed by atoms with Crippen molar-refractivity contribution in [2.45, 2.75) is 29.7 Å². The van der Waals surface area contributed by atoms with E-state index in [9.17, 15) is 9.32 Å². The molecule has 0 amide bonds. The molecule has 22 heavy (non-hydrogen) atoms. The lowest BCUT2D eigenvalue weighted by molar-refractivity contribution is 0.187. The smallest absolute Gasteiger partial charge is 0.250 e. The largest absolute Gasteiger partial charge is 0.480 e. The summed E-state index contributed by atoms with van der Waals surface area (Å²) in [5.41, 5.74) is 1.38. The first-order valence-electron chi connectivity index (χ1n) is 6.64. The molecule has 118 valence electrons. The van der Waals surface area contributed by atoms with E-state index in [1.54, 1.807) is 19.1 Å². The Balaban J connectivity index is 2.65. The summed E-state index contributed by atoms with van der Waals surface area (Å²) in [4.78, 5) is 0.856. The zero-order valence-electron chi connectivity index (χ0n) is 12.9. The van der Waals surface area contributed by atoms with E-state index < -0.39 is 16.9 Å². The number of aromatic nitrogens is 2. The van der Waals surface area contributed by atoms with Crippen LogP contribution in [0.4, 0.5) is 0 Å². The van der Waals surface area contributed by atoms with Crippen LogP contribution in [0.2, 0.25) is 0 Å². The maximum absolute atomic E-state index is 12.9. The van der Waals surface area contributed by atoms with Gasteiger partial charge in [0, 0.05) is 4.90 Å². The van der Waals surface area contributed by atoms with Crippen molar-refractivity contribution >= 4 is 10.8 Å². The Bertz CT molecular complexity index is 687. The zero-order chi connectivity index (χ0) is 16.3. The Morgan fingerprint density at radius 3 is 2.14 bits per heavy atom. The van der Waals surface area contributed by atoms with Crippen molar-refractivity contribution in [2.24, 2.45) is 0 Å². The second-order valence-electron chi connectivity index (χ2n) is 4.72. The topological polar surface area (TPSA) is 81.5 Å². The highest BCUT2D eigenvalue weighted by molar-refractivity contribution is 7.85. The van der Waals surface area contributed by atoms with Crippen LogP contribution in [0.3, 0.4) is 0 Å². The highest BCUT2D eigenvalue weighted by atomic mass is 32.2. The molecule has 0 saturated heterocycles. The average Bonchev–Trinajstić information content (AvgIpc) is 2.53. The van der Waals surface area contributed by atoms with Gasteiger partial charge in [0.25, 0.3) is 5.88 Å². The Labute approximate surface area is 131 Å². The van der Waals surface area contributed by atoms with Gasteiger partial charge in [0.2, 0.25) is 5.88 Å². The molecular weight excluding hydrogens is 304 g/mol. The van der Waals surface area contributed by atoms with Crippen molar-refractivity contribution in [2.75, 3.05) is 14.2 Å². The molecule has 2 atom stereocenters. The molecule has 2 rings (SSSR count). The van der Waals surface area contributed by atoms with Gasteiger partial charge in [-0.3, -0.25) is 0 Å². The summed E-state index contributed by atoms with van der Waals surface area (Å²) >= 11 is 0. The summed E-state index contributed by atoms with van der Waals surface area (Å²) < 4.78 is 23.2. The molecule has 0 spiro atoms. The summed E-state index contributed by atoms with van der Waals surface area (Å²) in [6.07, 6.45) is -0.927. The molecule has 0 saturated carbocycles. The molecule has 7 heteroatoms. The second kappa shape index (κ2) is 6.85. The van der Waals surface area contributed by atoms with Crippen LogP contribution in [0.1, 0.15) is 24.2 Å². The SMILES string of the molecule is COc1nnc(OC)c([S@](=O)c2ccc(C)cc2)c1[C@H](C)O. The molecule has 0 aliphatic rings. The third-order valence-corrected chi connectivity index (χ3v) is 4.59. The van der Waals surface area contributed by atoms with Gasteiger partial charge in [-0.15, -0.1) is 10.2 Å². The van der Waals surface area contributed by atoms with Gasteiger partial charge in [-0.05, 0) is 26.0 Å². The molecule has 0 bridgehead atoms. The minimum absolute atomic E-state index is 0.107. The van der Waals surface area contributed by atoms with Gasteiger partial charge in [-0.1, -0.05) is 17.7 Å². The first-order chi connectivity index (χ1) is 10.5. The Morgan fingerprint density at radius 1 is 1.09 bits per heavy atom. The normalized spacial score (nSPS) is 13.5. The van der Waals surface area contributed by atoms with Crippen molar-refractivity contribution < 1.29 is 18.8 Å². The molecule has 2 aromatic rings. The van der Waals surface area contributed by atoms with Crippen LogP contribution in [0.15, 0.2) is 34.1 Å². The van der Waals surface area contributed by atoms with Crippen molar-refractivity contribution in [3.05, 3.63) is 35.4 Å².